The van der Waals surface area contributed by atoms with E-state index in [9.17, 15) is 4.79 Å². The van der Waals surface area contributed by atoms with E-state index in [1.54, 1.807) is 12.2 Å². The second kappa shape index (κ2) is 2.68. The first-order chi connectivity index (χ1) is 5.06. The molecule has 0 aliphatic heterocycles. The maximum absolute atomic E-state index is 11.0. The Morgan fingerprint density at radius 2 is 2.18 bits per heavy atom. The van der Waals surface area contributed by atoms with Crippen molar-refractivity contribution in [2.45, 2.75) is 33.2 Å². The predicted molar refractivity (Wildman–Crippen MR) is 45.1 cm³/mol. The van der Waals surface area contributed by atoms with E-state index in [1.165, 1.54) is 0 Å². The van der Waals surface area contributed by atoms with E-state index < -0.39 is 0 Å². The fourth-order valence-corrected chi connectivity index (χ4v) is 1.08. The zero-order valence-corrected chi connectivity index (χ0v) is 7.35. The van der Waals surface area contributed by atoms with Crippen molar-refractivity contribution in [3.63, 3.8) is 0 Å². The third-order valence-electron chi connectivity index (χ3n) is 2.15. The number of carbonyl (C=O) groups excluding carboxylic acids is 1. The van der Waals surface area contributed by atoms with Crippen molar-refractivity contribution < 1.29 is 4.79 Å². The molecule has 0 aromatic carbocycles. The second-order valence-corrected chi connectivity index (χ2v) is 3.75. The highest BCUT2D eigenvalue weighted by molar-refractivity contribution is 5.87. The zero-order chi connectivity index (χ0) is 8.48. The van der Waals surface area contributed by atoms with Crippen LogP contribution in [0.4, 0.5) is 0 Å². The van der Waals surface area contributed by atoms with Gasteiger partial charge < -0.3 is 5.32 Å². The molecule has 1 N–H and O–H groups in total. The molecule has 1 saturated carbocycles. The van der Waals surface area contributed by atoms with Gasteiger partial charge in [0.15, 0.2) is 0 Å². The molecule has 1 unspecified atom stereocenters. The summed E-state index contributed by atoms with van der Waals surface area (Å²) in [5, 5.41) is 2.92. The summed E-state index contributed by atoms with van der Waals surface area (Å²) in [7, 11) is 0. The molecule has 0 radical (unpaired) electrons. The predicted octanol–water partition coefficient (Wildman–Crippen LogP) is 1.48. The van der Waals surface area contributed by atoms with Crippen molar-refractivity contribution in [3.8, 4) is 0 Å². The molecule has 0 aromatic heterocycles. The molecule has 2 nitrogen and oxygen atoms in total. The minimum atomic E-state index is 0.0306. The van der Waals surface area contributed by atoms with Gasteiger partial charge in [0.05, 0.1) is 0 Å². The van der Waals surface area contributed by atoms with Gasteiger partial charge in [-0.25, -0.2) is 0 Å². The van der Waals surface area contributed by atoms with Crippen LogP contribution in [0.1, 0.15) is 27.2 Å². The first-order valence-electron chi connectivity index (χ1n) is 3.99. The van der Waals surface area contributed by atoms with Crippen LogP contribution < -0.4 is 5.32 Å². The van der Waals surface area contributed by atoms with Crippen LogP contribution in [0.5, 0.6) is 0 Å². The van der Waals surface area contributed by atoms with Crippen LogP contribution in [0, 0.1) is 5.41 Å². The third-order valence-corrected chi connectivity index (χ3v) is 2.15. The van der Waals surface area contributed by atoms with E-state index in [1.807, 2.05) is 6.92 Å². The van der Waals surface area contributed by atoms with E-state index in [2.05, 4.69) is 19.2 Å². The first-order valence-corrected chi connectivity index (χ1v) is 3.99. The number of amides is 1. The van der Waals surface area contributed by atoms with E-state index in [-0.39, 0.29) is 5.91 Å². The van der Waals surface area contributed by atoms with Crippen LogP contribution in [-0.4, -0.2) is 11.9 Å². The molecule has 2 heteroatoms. The number of allylic oxidation sites excluding steroid dienone is 1. The molecule has 0 heterocycles. The van der Waals surface area contributed by atoms with Crippen molar-refractivity contribution in [2.75, 3.05) is 0 Å². The third kappa shape index (κ3) is 2.07. The van der Waals surface area contributed by atoms with Gasteiger partial charge in [-0.15, -0.1) is 0 Å². The molecule has 1 aliphatic carbocycles. The highest BCUT2D eigenvalue weighted by atomic mass is 16.1. The van der Waals surface area contributed by atoms with Gasteiger partial charge in [-0.2, -0.15) is 0 Å². The number of rotatable bonds is 2. The van der Waals surface area contributed by atoms with Gasteiger partial charge in [-0.05, 0) is 24.8 Å². The molecule has 1 amide bonds. The van der Waals surface area contributed by atoms with E-state index in [4.69, 9.17) is 0 Å². The van der Waals surface area contributed by atoms with Gasteiger partial charge in [-0.1, -0.05) is 19.9 Å². The first kappa shape index (κ1) is 8.31. The Balaban J connectivity index is 2.29. The molecule has 0 bridgehead atoms. The number of nitrogens with one attached hydrogen (secondary N) is 1. The number of hydrogen-bond acceptors (Lipinski definition) is 1. The van der Waals surface area contributed by atoms with Crippen LogP contribution in [0.3, 0.4) is 0 Å². The average molecular weight is 153 g/mol. The standard InChI is InChI=1S/C9H15NO/c1-4-5-8(11)10-7-6-9(7,2)3/h4-5,7H,6H2,1-3H3,(H,10,11). The van der Waals surface area contributed by atoms with Crippen molar-refractivity contribution in [2.24, 2.45) is 5.41 Å². The van der Waals surface area contributed by atoms with Gasteiger partial charge in [0.25, 0.3) is 0 Å². The highest BCUT2D eigenvalue weighted by Crippen LogP contribution is 2.44. The van der Waals surface area contributed by atoms with Crippen molar-refractivity contribution in [3.05, 3.63) is 12.2 Å². The summed E-state index contributed by atoms with van der Waals surface area (Å²) in [6.07, 6.45) is 4.43. The normalized spacial score (nSPS) is 27.0. The molecule has 1 atom stereocenters. The lowest BCUT2D eigenvalue weighted by atomic mass is 10.2. The van der Waals surface area contributed by atoms with Crippen molar-refractivity contribution in [1.82, 2.24) is 5.32 Å². The summed E-state index contributed by atoms with van der Waals surface area (Å²) < 4.78 is 0. The Labute approximate surface area is 67.7 Å². The molecule has 62 valence electrons. The van der Waals surface area contributed by atoms with Crippen molar-refractivity contribution >= 4 is 5.91 Å². The minimum absolute atomic E-state index is 0.0306. The fourth-order valence-electron chi connectivity index (χ4n) is 1.08. The van der Waals surface area contributed by atoms with E-state index in [0.717, 1.165) is 6.42 Å². The Hall–Kier alpha value is -0.790. The molecule has 1 rings (SSSR count). The van der Waals surface area contributed by atoms with Crippen LogP contribution in [0.15, 0.2) is 12.2 Å². The summed E-state index contributed by atoms with van der Waals surface area (Å²) in [5.41, 5.74) is 0.331. The maximum atomic E-state index is 11.0. The summed E-state index contributed by atoms with van der Waals surface area (Å²) in [6, 6.07) is 0.395. The van der Waals surface area contributed by atoms with Crippen LogP contribution >= 0.6 is 0 Å². The molecular formula is C9H15NO. The summed E-state index contributed by atoms with van der Waals surface area (Å²) in [4.78, 5) is 11.0. The molecule has 0 aromatic rings. The van der Waals surface area contributed by atoms with Gasteiger partial charge in [0.1, 0.15) is 0 Å². The van der Waals surface area contributed by atoms with Crippen molar-refractivity contribution in [1.29, 1.82) is 0 Å². The Morgan fingerprint density at radius 1 is 1.64 bits per heavy atom. The van der Waals surface area contributed by atoms with E-state index >= 15 is 0 Å². The smallest absolute Gasteiger partial charge is 0.243 e. The van der Waals surface area contributed by atoms with Gasteiger partial charge >= 0.3 is 0 Å². The monoisotopic (exact) mass is 153 g/mol. The quantitative estimate of drug-likeness (QED) is 0.598. The van der Waals surface area contributed by atoms with Crippen LogP contribution in [0.25, 0.3) is 0 Å². The summed E-state index contributed by atoms with van der Waals surface area (Å²) >= 11 is 0. The van der Waals surface area contributed by atoms with E-state index in [0.29, 0.717) is 11.5 Å². The molecule has 0 spiro atoms. The minimum Gasteiger partial charge on any atom is -0.349 e. The molecule has 11 heavy (non-hydrogen) atoms. The Bertz CT molecular complexity index is 194. The highest BCUT2D eigenvalue weighted by Gasteiger charge is 2.46. The lowest BCUT2D eigenvalue weighted by Crippen LogP contribution is -2.26. The second-order valence-electron chi connectivity index (χ2n) is 3.75. The Morgan fingerprint density at radius 3 is 2.55 bits per heavy atom. The SMILES string of the molecule is CC=CC(=O)NC1CC1(C)C. The lowest BCUT2D eigenvalue weighted by Gasteiger charge is -2.02. The van der Waals surface area contributed by atoms with Crippen LogP contribution in [0.2, 0.25) is 0 Å². The molecule has 1 fully saturated rings. The van der Waals surface area contributed by atoms with Crippen LogP contribution in [-0.2, 0) is 4.79 Å². The number of carbonyl (C=O) groups is 1. The maximum Gasteiger partial charge on any atom is 0.243 e. The summed E-state index contributed by atoms with van der Waals surface area (Å²) in [5.74, 6) is 0.0306. The largest absolute Gasteiger partial charge is 0.349 e. The molecule has 0 saturated heterocycles. The van der Waals surface area contributed by atoms with Gasteiger partial charge in [-0.3, -0.25) is 4.79 Å². The molecule has 1 aliphatic rings. The average Bonchev–Trinajstić information content (AvgIpc) is 2.39. The topological polar surface area (TPSA) is 29.1 Å². The summed E-state index contributed by atoms with van der Waals surface area (Å²) in [6.45, 7) is 6.17. The number of hydrogen-bond donors (Lipinski definition) is 1. The van der Waals surface area contributed by atoms with Gasteiger partial charge in [0.2, 0.25) is 5.91 Å². The van der Waals surface area contributed by atoms with Gasteiger partial charge in [0, 0.05) is 6.04 Å². The zero-order valence-electron chi connectivity index (χ0n) is 7.35. The Kier molecular flexibility index (Phi) is 2.03. The molecular weight excluding hydrogens is 138 g/mol. The fraction of sp³-hybridized carbons (Fsp3) is 0.667. The lowest BCUT2D eigenvalue weighted by molar-refractivity contribution is -0.116.